The molecule has 0 atom stereocenters. The molecule has 114 valence electrons. The van der Waals surface area contributed by atoms with E-state index in [1.165, 1.54) is 43.0 Å². The Kier molecular flexibility index (Phi) is 6.52. The summed E-state index contributed by atoms with van der Waals surface area (Å²) >= 11 is 4.01. The first-order chi connectivity index (χ1) is 9.34. The molecule has 20 heavy (non-hydrogen) atoms. The van der Waals surface area contributed by atoms with Crippen molar-refractivity contribution < 1.29 is 0 Å². The van der Waals surface area contributed by atoms with Crippen molar-refractivity contribution in [3.8, 4) is 0 Å². The highest BCUT2D eigenvalue weighted by atomic mass is 35.5. The molecule has 3 heterocycles. The van der Waals surface area contributed by atoms with Crippen molar-refractivity contribution in [3.05, 3.63) is 5.82 Å². The molecule has 0 radical (unpaired) electrons. The quantitative estimate of drug-likeness (QED) is 0.920. The molecule has 0 aromatic carbocycles. The van der Waals surface area contributed by atoms with Gasteiger partial charge in [0.25, 0.3) is 0 Å². The molecule has 4 nitrogen and oxygen atoms in total. The number of thioether (sulfide) groups is 2. The lowest BCUT2D eigenvalue weighted by Crippen LogP contribution is -2.28. The summed E-state index contributed by atoms with van der Waals surface area (Å²) < 4.78 is 2.24. The molecule has 1 N–H and O–H groups in total. The zero-order valence-corrected chi connectivity index (χ0v) is 14.3. The van der Waals surface area contributed by atoms with E-state index in [9.17, 15) is 0 Å². The Morgan fingerprint density at radius 1 is 1.15 bits per heavy atom. The fraction of sp³-hybridized carbons (Fsp3) is 0.846. The minimum atomic E-state index is 0. The Hall–Kier alpha value is 0.0900. The third kappa shape index (κ3) is 3.84. The van der Waals surface area contributed by atoms with Crippen LogP contribution in [0.25, 0.3) is 0 Å². The summed E-state index contributed by atoms with van der Waals surface area (Å²) in [6.45, 7) is 2.22. The molecular formula is C13H23ClN4S2. The van der Waals surface area contributed by atoms with E-state index in [4.69, 9.17) is 0 Å². The van der Waals surface area contributed by atoms with Gasteiger partial charge in [0.15, 0.2) is 5.16 Å². The van der Waals surface area contributed by atoms with Gasteiger partial charge in [0.2, 0.25) is 0 Å². The van der Waals surface area contributed by atoms with E-state index in [-0.39, 0.29) is 12.4 Å². The lowest BCUT2D eigenvalue weighted by Gasteiger charge is -2.22. The van der Waals surface area contributed by atoms with Gasteiger partial charge in [-0.05, 0) is 50.3 Å². The highest BCUT2D eigenvalue weighted by Gasteiger charge is 2.23. The number of hydrogen-bond acceptors (Lipinski definition) is 5. The topological polar surface area (TPSA) is 42.7 Å². The average molecular weight is 335 g/mol. The van der Waals surface area contributed by atoms with Gasteiger partial charge in [-0.1, -0.05) is 11.8 Å². The lowest BCUT2D eigenvalue weighted by molar-refractivity contribution is 0.434. The minimum Gasteiger partial charge on any atom is -0.317 e. The molecule has 0 bridgehead atoms. The first kappa shape index (κ1) is 16.5. The fourth-order valence-corrected chi connectivity index (χ4v) is 5.32. The summed E-state index contributed by atoms with van der Waals surface area (Å²) in [5, 5.41) is 14.2. The van der Waals surface area contributed by atoms with E-state index in [0.717, 1.165) is 23.5 Å². The molecule has 0 aliphatic carbocycles. The van der Waals surface area contributed by atoms with Crippen molar-refractivity contribution in [1.82, 2.24) is 20.1 Å². The maximum atomic E-state index is 4.46. The van der Waals surface area contributed by atoms with Crippen LogP contribution in [0.15, 0.2) is 5.16 Å². The SMILES string of the molecule is Cl.Cn1c(SC2CCSCC2)nnc1C1CCNCC1. The molecule has 0 spiro atoms. The molecule has 1 aromatic heterocycles. The van der Waals surface area contributed by atoms with E-state index in [0.29, 0.717) is 5.92 Å². The summed E-state index contributed by atoms with van der Waals surface area (Å²) in [6, 6.07) is 0. The molecular weight excluding hydrogens is 312 g/mol. The molecule has 3 rings (SSSR count). The second kappa shape index (κ2) is 7.92. The molecule has 2 fully saturated rings. The summed E-state index contributed by atoms with van der Waals surface area (Å²) in [5.74, 6) is 4.39. The van der Waals surface area contributed by atoms with E-state index >= 15 is 0 Å². The Bertz CT molecular complexity index is 415. The Morgan fingerprint density at radius 2 is 1.85 bits per heavy atom. The van der Waals surface area contributed by atoms with Gasteiger partial charge >= 0.3 is 0 Å². The van der Waals surface area contributed by atoms with Crippen LogP contribution in [-0.2, 0) is 7.05 Å². The van der Waals surface area contributed by atoms with Gasteiger partial charge in [-0.3, -0.25) is 0 Å². The maximum Gasteiger partial charge on any atom is 0.191 e. The molecule has 2 aliphatic heterocycles. The summed E-state index contributed by atoms with van der Waals surface area (Å²) in [6.07, 6.45) is 5.00. The van der Waals surface area contributed by atoms with Gasteiger partial charge in [0.1, 0.15) is 5.82 Å². The lowest BCUT2D eigenvalue weighted by atomic mass is 9.97. The fourth-order valence-electron chi connectivity index (χ4n) is 2.81. The summed E-state index contributed by atoms with van der Waals surface area (Å²) in [4.78, 5) is 0. The van der Waals surface area contributed by atoms with Crippen molar-refractivity contribution in [1.29, 1.82) is 0 Å². The van der Waals surface area contributed by atoms with Gasteiger partial charge in [-0.15, -0.1) is 22.6 Å². The Balaban J connectivity index is 0.00000147. The summed E-state index contributed by atoms with van der Waals surface area (Å²) in [7, 11) is 2.14. The zero-order valence-electron chi connectivity index (χ0n) is 11.9. The number of rotatable bonds is 3. The summed E-state index contributed by atoms with van der Waals surface area (Å²) in [5.41, 5.74) is 0. The first-order valence-electron chi connectivity index (χ1n) is 7.19. The smallest absolute Gasteiger partial charge is 0.191 e. The average Bonchev–Trinajstić information content (AvgIpc) is 2.82. The van der Waals surface area contributed by atoms with E-state index in [2.05, 4.69) is 38.9 Å². The van der Waals surface area contributed by atoms with Crippen LogP contribution in [0.3, 0.4) is 0 Å². The molecule has 0 saturated carbocycles. The number of halogens is 1. The second-order valence-electron chi connectivity index (χ2n) is 5.35. The molecule has 0 unspecified atom stereocenters. The van der Waals surface area contributed by atoms with Crippen molar-refractivity contribution in [3.63, 3.8) is 0 Å². The van der Waals surface area contributed by atoms with Crippen molar-refractivity contribution in [2.45, 2.75) is 42.0 Å². The number of nitrogens with zero attached hydrogens (tertiary/aromatic N) is 3. The third-order valence-corrected chi connectivity index (χ3v) is 6.43. The normalized spacial score (nSPS) is 21.6. The van der Waals surface area contributed by atoms with Crippen LogP contribution < -0.4 is 5.32 Å². The van der Waals surface area contributed by atoms with Crippen molar-refractivity contribution in [2.75, 3.05) is 24.6 Å². The first-order valence-corrected chi connectivity index (χ1v) is 9.22. The van der Waals surface area contributed by atoms with Crippen molar-refractivity contribution >= 4 is 35.9 Å². The van der Waals surface area contributed by atoms with Gasteiger partial charge in [0.05, 0.1) is 0 Å². The Labute approximate surface area is 135 Å². The van der Waals surface area contributed by atoms with Gasteiger partial charge in [-0.2, -0.15) is 11.8 Å². The van der Waals surface area contributed by atoms with E-state index < -0.39 is 0 Å². The highest BCUT2D eigenvalue weighted by Crippen LogP contribution is 2.33. The van der Waals surface area contributed by atoms with Crippen LogP contribution in [0.2, 0.25) is 0 Å². The third-order valence-electron chi connectivity index (χ3n) is 4.01. The van der Waals surface area contributed by atoms with Crippen LogP contribution in [0.4, 0.5) is 0 Å². The largest absolute Gasteiger partial charge is 0.317 e. The molecule has 2 aliphatic rings. The van der Waals surface area contributed by atoms with E-state index in [1.54, 1.807) is 0 Å². The van der Waals surface area contributed by atoms with Gasteiger partial charge in [0, 0.05) is 18.2 Å². The number of nitrogens with one attached hydrogen (secondary N) is 1. The monoisotopic (exact) mass is 334 g/mol. The minimum absolute atomic E-state index is 0. The van der Waals surface area contributed by atoms with Crippen LogP contribution in [-0.4, -0.2) is 44.6 Å². The predicted octanol–water partition coefficient (Wildman–Crippen LogP) is 2.69. The van der Waals surface area contributed by atoms with E-state index in [1.807, 2.05) is 11.8 Å². The molecule has 2 saturated heterocycles. The van der Waals surface area contributed by atoms with Crippen molar-refractivity contribution in [2.24, 2.45) is 7.05 Å². The van der Waals surface area contributed by atoms with Crippen LogP contribution in [0.5, 0.6) is 0 Å². The van der Waals surface area contributed by atoms with Crippen LogP contribution in [0, 0.1) is 0 Å². The second-order valence-corrected chi connectivity index (χ2v) is 7.85. The highest BCUT2D eigenvalue weighted by molar-refractivity contribution is 8.01. The molecule has 7 heteroatoms. The standard InChI is InChI=1S/C13H22N4S2.ClH/c1-17-12(10-2-6-14-7-3-10)15-16-13(17)19-11-4-8-18-9-5-11;/h10-11,14H,2-9H2,1H3;1H. The van der Waals surface area contributed by atoms with Crippen LogP contribution >= 0.6 is 35.9 Å². The molecule has 0 amide bonds. The number of piperidine rings is 1. The van der Waals surface area contributed by atoms with Gasteiger partial charge in [-0.25, -0.2) is 0 Å². The Morgan fingerprint density at radius 3 is 2.55 bits per heavy atom. The predicted molar refractivity (Wildman–Crippen MR) is 89.3 cm³/mol. The maximum absolute atomic E-state index is 4.46. The van der Waals surface area contributed by atoms with Gasteiger partial charge < -0.3 is 9.88 Å². The molecule has 1 aromatic rings. The van der Waals surface area contributed by atoms with Crippen LogP contribution in [0.1, 0.15) is 37.4 Å². The number of hydrogen-bond donors (Lipinski definition) is 1. The zero-order chi connectivity index (χ0) is 13.1. The number of aromatic nitrogens is 3.